The van der Waals surface area contributed by atoms with Gasteiger partial charge in [-0.1, -0.05) is 20.7 Å². The van der Waals surface area contributed by atoms with Gasteiger partial charge < -0.3 is 23.5 Å². The normalized spacial score (nSPS) is 6.00. The molecule has 0 aromatic rings. The molecule has 0 spiro atoms. The Morgan fingerprint density at radius 2 is 1.36 bits per heavy atom. The Hall–Kier alpha value is 0.799. The maximum Gasteiger partial charge on any atom is 3.00 e. The van der Waals surface area contributed by atoms with Crippen molar-refractivity contribution in [2.24, 2.45) is 0 Å². The van der Waals surface area contributed by atoms with Gasteiger partial charge in [-0.2, -0.15) is 6.92 Å². The summed E-state index contributed by atoms with van der Waals surface area (Å²) >= 11 is 0. The Bertz CT molecular complexity index is 62.1. The van der Waals surface area contributed by atoms with Gasteiger partial charge >= 0.3 is 32.7 Å². The third kappa shape index (κ3) is 77.4. The van der Waals surface area contributed by atoms with Gasteiger partial charge in [0, 0.05) is 0 Å². The smallest absolute Gasteiger partial charge is 0.542 e. The molecule has 0 aromatic carbocycles. The zero-order valence-electron chi connectivity index (χ0n) is 10.3. The van der Waals surface area contributed by atoms with E-state index in [1.165, 1.54) is 20.0 Å². The van der Waals surface area contributed by atoms with Crippen LogP contribution in [0.4, 0.5) is 0 Å². The van der Waals surface area contributed by atoms with E-state index in [0.717, 1.165) is 13.1 Å². The second kappa shape index (κ2) is 48.9. The molecule has 4 heteroatoms. The molecule has 0 saturated carbocycles. The average molecular weight is 273 g/mol. The Morgan fingerprint density at radius 3 is 1.36 bits per heavy atom. The molecule has 80 valence electrons. The van der Waals surface area contributed by atoms with Gasteiger partial charge in [-0.25, -0.2) is 0 Å². The first-order chi connectivity index (χ1) is 6.22. The predicted molar refractivity (Wildman–Crippen MR) is 62.5 cm³/mol. The molecule has 0 aliphatic rings. The molecule has 2 radical (unpaired) electrons. The largest absolute Gasteiger partial charge is 3.00 e. The molecule has 14 heavy (non-hydrogen) atoms. The van der Waals surface area contributed by atoms with Crippen LogP contribution in [0, 0.1) is 13.8 Å². The van der Waals surface area contributed by atoms with Gasteiger partial charge in [0.05, 0.1) is 7.85 Å². The first kappa shape index (κ1) is 29.3. The fraction of sp³-hybridized carbons (Fsp3) is 0.700. The Morgan fingerprint density at radius 1 is 1.21 bits per heavy atom. The van der Waals surface area contributed by atoms with Crippen molar-refractivity contribution in [3.63, 3.8) is 0 Å². The molecule has 0 amide bonds. The first-order valence-electron chi connectivity index (χ1n) is 4.36. The van der Waals surface area contributed by atoms with E-state index in [1.54, 1.807) is 0 Å². The number of nitrogens with zero attached hydrogens (tertiary/aromatic N) is 1. The molecule has 0 atom stereocenters. The van der Waals surface area contributed by atoms with Crippen molar-refractivity contribution in [1.82, 2.24) is 4.90 Å². The predicted octanol–water partition coefficient (Wildman–Crippen LogP) is 1.93. The summed E-state index contributed by atoms with van der Waals surface area (Å²) < 4.78 is 0. The van der Waals surface area contributed by atoms with E-state index in [1.807, 2.05) is 25.8 Å². The van der Waals surface area contributed by atoms with E-state index in [-0.39, 0.29) is 32.7 Å². The summed E-state index contributed by atoms with van der Waals surface area (Å²) in [6, 6.07) is 0. The van der Waals surface area contributed by atoms with Crippen LogP contribution in [0.15, 0.2) is 0 Å². The average Bonchev–Trinajstić information content (AvgIpc) is 2.24. The molecule has 0 fully saturated rings. The molecule has 0 heterocycles. The maximum absolute atomic E-state index is 8.68. The van der Waals surface area contributed by atoms with E-state index in [2.05, 4.69) is 21.7 Å². The van der Waals surface area contributed by atoms with E-state index >= 15 is 0 Å². The van der Waals surface area contributed by atoms with Crippen LogP contribution in [0.5, 0.6) is 0 Å². The van der Waals surface area contributed by atoms with Gasteiger partial charge in [0.2, 0.25) is 0 Å². The van der Waals surface area contributed by atoms with Crippen LogP contribution in [-0.2, 0) is 37.5 Å². The van der Waals surface area contributed by atoms with Crippen LogP contribution in [-0.4, -0.2) is 39.2 Å². The molecular formula is C10H23BNOY. The third-order valence-corrected chi connectivity index (χ3v) is 0.763. The standard InChI is InChI=1S/C5H11N.C2H3O.C2H6.CH3B.Y/c1-4-6(3)5-2;1-2-3;2*1-2;/h1-2,4-5H2,3H3;1H3;1-2H3;1H3;/q-2;-1;;;+3. The summed E-state index contributed by atoms with van der Waals surface area (Å²) in [5.74, 6) is 0. The van der Waals surface area contributed by atoms with Crippen molar-refractivity contribution in [2.45, 2.75) is 27.6 Å². The van der Waals surface area contributed by atoms with Crippen molar-refractivity contribution in [1.29, 1.82) is 0 Å². The summed E-state index contributed by atoms with van der Waals surface area (Å²) in [5.41, 5.74) is 0. The minimum atomic E-state index is 0. The van der Waals surface area contributed by atoms with Gasteiger partial charge in [-0.15, -0.1) is 13.1 Å². The summed E-state index contributed by atoms with van der Waals surface area (Å²) in [5, 5.41) is 0. The van der Waals surface area contributed by atoms with Gasteiger partial charge in [0.15, 0.2) is 0 Å². The molecule has 0 rings (SSSR count). The van der Waals surface area contributed by atoms with E-state index in [9.17, 15) is 0 Å². The number of rotatable bonds is 2. The van der Waals surface area contributed by atoms with Crippen LogP contribution in [0.25, 0.3) is 0 Å². The zero-order chi connectivity index (χ0) is 11.7. The molecule has 0 aromatic heterocycles. The maximum atomic E-state index is 8.68. The molecule has 0 aliphatic heterocycles. The van der Waals surface area contributed by atoms with Crippen molar-refractivity contribution >= 4 is 14.1 Å². The third-order valence-electron chi connectivity index (χ3n) is 0.763. The minimum absolute atomic E-state index is 0. The van der Waals surface area contributed by atoms with E-state index in [4.69, 9.17) is 4.79 Å². The fourth-order valence-electron chi connectivity index (χ4n) is 0.112. The topological polar surface area (TPSA) is 20.3 Å². The second-order valence-corrected chi connectivity index (χ2v) is 1.51. The van der Waals surface area contributed by atoms with Gasteiger partial charge in [0.1, 0.15) is 0 Å². The van der Waals surface area contributed by atoms with Crippen LogP contribution in [0.3, 0.4) is 0 Å². The van der Waals surface area contributed by atoms with Crippen molar-refractivity contribution in [3.8, 4) is 0 Å². The van der Waals surface area contributed by atoms with Crippen LogP contribution >= 0.6 is 0 Å². The van der Waals surface area contributed by atoms with Crippen LogP contribution in [0.1, 0.15) is 20.8 Å². The molecule has 0 bridgehead atoms. The van der Waals surface area contributed by atoms with E-state index in [0.29, 0.717) is 0 Å². The Kier molecular flexibility index (Phi) is 103. The van der Waals surface area contributed by atoms with E-state index < -0.39 is 0 Å². The molecule has 0 N–H and O–H groups in total. The molecule has 0 saturated heterocycles. The van der Waals surface area contributed by atoms with Gasteiger partial charge in [-0.3, -0.25) is 6.29 Å². The molecule has 0 aliphatic carbocycles. The Labute approximate surface area is 117 Å². The quantitative estimate of drug-likeness (QED) is 0.566. The molecule has 2 nitrogen and oxygen atoms in total. The van der Waals surface area contributed by atoms with Crippen molar-refractivity contribution in [2.75, 3.05) is 20.1 Å². The minimum Gasteiger partial charge on any atom is -0.542 e. The SMILES string of the molecule is CC.C[C-]=O.[B]C.[CH2-]CN(C)C[CH2-].[Y+3]. The number of carbonyl (C=O) groups excluding carboxylic acids is 1. The van der Waals surface area contributed by atoms with Crippen LogP contribution in [0.2, 0.25) is 6.82 Å². The first-order valence-corrected chi connectivity index (χ1v) is 4.36. The van der Waals surface area contributed by atoms with Crippen LogP contribution < -0.4 is 0 Å². The molecule has 0 unspecified atom stereocenters. The number of hydrogen-bond acceptors (Lipinski definition) is 2. The van der Waals surface area contributed by atoms with Crippen molar-refractivity contribution < 1.29 is 37.5 Å². The van der Waals surface area contributed by atoms with Crippen molar-refractivity contribution in [3.05, 3.63) is 13.8 Å². The fourth-order valence-corrected chi connectivity index (χ4v) is 0.112. The Balaban J connectivity index is -0.0000000292. The summed E-state index contributed by atoms with van der Waals surface area (Å²) in [6.45, 7) is 15.8. The monoisotopic (exact) mass is 273 g/mol. The zero-order valence-corrected chi connectivity index (χ0v) is 13.2. The summed E-state index contributed by atoms with van der Waals surface area (Å²) in [6.07, 6.45) is 1.50. The second-order valence-electron chi connectivity index (χ2n) is 1.51. The summed E-state index contributed by atoms with van der Waals surface area (Å²) in [7, 11) is 6.49. The van der Waals surface area contributed by atoms with Gasteiger partial charge in [-0.05, 0) is 7.05 Å². The number of hydrogen-bond donors (Lipinski definition) is 0. The summed E-state index contributed by atoms with van der Waals surface area (Å²) in [4.78, 5) is 10.7. The van der Waals surface area contributed by atoms with Gasteiger partial charge in [0.25, 0.3) is 0 Å². The molecular weight excluding hydrogens is 250 g/mol.